The lowest BCUT2D eigenvalue weighted by atomic mass is 10.2. The molecular weight excluding hydrogens is 226 g/mol. The van der Waals surface area contributed by atoms with Gasteiger partial charge >= 0.3 is 0 Å². The van der Waals surface area contributed by atoms with Crippen LogP contribution in [0.15, 0.2) is 18.2 Å². The van der Waals surface area contributed by atoms with Crippen LogP contribution in [0.1, 0.15) is 18.4 Å². The fourth-order valence-corrected chi connectivity index (χ4v) is 1.89. The highest BCUT2D eigenvalue weighted by Crippen LogP contribution is 2.32. The normalized spacial score (nSPS) is 17.4. The van der Waals surface area contributed by atoms with Crippen LogP contribution in [-0.2, 0) is 6.54 Å². The number of nitrogens with one attached hydrogen (secondary N) is 1. The molecule has 2 rings (SSSR count). The maximum absolute atomic E-state index is 9.64. The average molecular weight is 242 g/mol. The Morgan fingerprint density at radius 2 is 2.19 bits per heavy atom. The predicted octanol–water partition coefficient (Wildman–Crippen LogP) is 1.91. The first-order valence-corrected chi connectivity index (χ1v) is 5.91. The van der Waals surface area contributed by atoms with Crippen LogP contribution in [0.4, 0.5) is 0 Å². The largest absolute Gasteiger partial charge is 0.508 e. The van der Waals surface area contributed by atoms with Gasteiger partial charge in [0.2, 0.25) is 0 Å². The summed E-state index contributed by atoms with van der Waals surface area (Å²) >= 11 is 5.83. The molecule has 0 aliphatic heterocycles. The van der Waals surface area contributed by atoms with Gasteiger partial charge in [-0.3, -0.25) is 0 Å². The van der Waals surface area contributed by atoms with Crippen molar-refractivity contribution in [1.29, 1.82) is 0 Å². The lowest BCUT2D eigenvalue weighted by molar-refractivity contribution is 0.148. The highest BCUT2D eigenvalue weighted by Gasteiger charge is 2.29. The number of phenolic OH excluding ortho intramolecular Hbond substituents is 1. The van der Waals surface area contributed by atoms with Crippen molar-refractivity contribution in [3.63, 3.8) is 0 Å². The summed E-state index contributed by atoms with van der Waals surface area (Å²) in [6, 6.07) is 4.96. The zero-order chi connectivity index (χ0) is 11.5. The molecule has 0 spiro atoms. The molecule has 3 N–H and O–H groups in total. The topological polar surface area (TPSA) is 52.5 Å². The Bertz CT molecular complexity index is 366. The van der Waals surface area contributed by atoms with E-state index >= 15 is 0 Å². The summed E-state index contributed by atoms with van der Waals surface area (Å²) in [5.74, 6) is 0.707. The van der Waals surface area contributed by atoms with E-state index in [9.17, 15) is 10.2 Å². The Morgan fingerprint density at radius 1 is 1.44 bits per heavy atom. The quantitative estimate of drug-likeness (QED) is 0.738. The van der Waals surface area contributed by atoms with E-state index in [1.807, 2.05) is 0 Å². The highest BCUT2D eigenvalue weighted by molar-refractivity contribution is 6.30. The second kappa shape index (κ2) is 5.04. The van der Waals surface area contributed by atoms with Gasteiger partial charge in [-0.25, -0.2) is 0 Å². The minimum atomic E-state index is -0.263. The van der Waals surface area contributed by atoms with Crippen molar-refractivity contribution in [2.45, 2.75) is 25.5 Å². The van der Waals surface area contributed by atoms with Gasteiger partial charge in [0.15, 0.2) is 0 Å². The maximum atomic E-state index is 9.64. The molecule has 1 fully saturated rings. The molecule has 0 bridgehead atoms. The van der Waals surface area contributed by atoms with Crippen LogP contribution < -0.4 is 5.32 Å². The monoisotopic (exact) mass is 241 g/mol. The third-order valence-corrected chi connectivity index (χ3v) is 3.11. The summed E-state index contributed by atoms with van der Waals surface area (Å²) in [4.78, 5) is 0. The number of rotatable bonds is 5. The lowest BCUT2D eigenvalue weighted by Gasteiger charge is -2.11. The van der Waals surface area contributed by atoms with Crippen LogP contribution in [0.5, 0.6) is 5.75 Å². The van der Waals surface area contributed by atoms with Gasteiger partial charge in [0.1, 0.15) is 5.75 Å². The zero-order valence-corrected chi connectivity index (χ0v) is 9.74. The van der Waals surface area contributed by atoms with Gasteiger partial charge in [-0.15, -0.1) is 0 Å². The summed E-state index contributed by atoms with van der Waals surface area (Å²) in [6.45, 7) is 1.09. The van der Waals surface area contributed by atoms with Crippen LogP contribution in [0.2, 0.25) is 5.02 Å². The molecule has 88 valence electrons. The number of hydrogen-bond acceptors (Lipinski definition) is 3. The van der Waals surface area contributed by atoms with Crippen LogP contribution in [0.3, 0.4) is 0 Å². The fraction of sp³-hybridized carbons (Fsp3) is 0.500. The molecule has 1 saturated carbocycles. The molecule has 1 aliphatic carbocycles. The Balaban J connectivity index is 1.81. The number of aromatic hydroxyl groups is 1. The van der Waals surface area contributed by atoms with Crippen LogP contribution in [-0.4, -0.2) is 22.9 Å². The van der Waals surface area contributed by atoms with Gasteiger partial charge in [0, 0.05) is 23.7 Å². The number of aliphatic hydroxyl groups excluding tert-OH is 1. The second-order valence-corrected chi connectivity index (χ2v) is 4.75. The SMILES string of the molecule is Oc1ccc(Cl)cc1CNCC(O)C1CC1. The zero-order valence-electron chi connectivity index (χ0n) is 8.99. The number of phenols is 1. The van der Waals surface area contributed by atoms with Crippen molar-refractivity contribution in [1.82, 2.24) is 5.32 Å². The first kappa shape index (κ1) is 11.7. The Hall–Kier alpha value is -0.770. The van der Waals surface area contributed by atoms with Crippen molar-refractivity contribution in [3.05, 3.63) is 28.8 Å². The van der Waals surface area contributed by atoms with Gasteiger partial charge in [0.05, 0.1) is 6.10 Å². The molecule has 1 aromatic carbocycles. The average Bonchev–Trinajstić information content (AvgIpc) is 3.06. The van der Waals surface area contributed by atoms with Crippen molar-refractivity contribution < 1.29 is 10.2 Å². The van der Waals surface area contributed by atoms with E-state index in [4.69, 9.17) is 11.6 Å². The van der Waals surface area contributed by atoms with Crippen LogP contribution in [0.25, 0.3) is 0 Å². The minimum absolute atomic E-state index is 0.234. The van der Waals surface area contributed by atoms with E-state index in [1.165, 1.54) is 0 Å². The second-order valence-electron chi connectivity index (χ2n) is 4.31. The van der Waals surface area contributed by atoms with Gasteiger partial charge in [-0.05, 0) is 37.0 Å². The van der Waals surface area contributed by atoms with Crippen LogP contribution >= 0.6 is 11.6 Å². The number of benzene rings is 1. The van der Waals surface area contributed by atoms with Gasteiger partial charge in [-0.1, -0.05) is 11.6 Å². The van der Waals surface area contributed by atoms with Crippen molar-refractivity contribution in [2.24, 2.45) is 5.92 Å². The Labute approximate surface area is 100 Å². The molecule has 16 heavy (non-hydrogen) atoms. The Kier molecular flexibility index (Phi) is 3.69. The Morgan fingerprint density at radius 3 is 2.88 bits per heavy atom. The first-order valence-electron chi connectivity index (χ1n) is 5.53. The molecule has 1 unspecified atom stereocenters. The van der Waals surface area contributed by atoms with E-state index in [1.54, 1.807) is 18.2 Å². The van der Waals surface area contributed by atoms with E-state index in [0.29, 0.717) is 24.0 Å². The van der Waals surface area contributed by atoms with E-state index in [-0.39, 0.29) is 11.9 Å². The molecule has 3 nitrogen and oxygen atoms in total. The molecule has 0 radical (unpaired) electrons. The summed E-state index contributed by atoms with van der Waals surface area (Å²) in [5.41, 5.74) is 0.760. The third kappa shape index (κ3) is 3.11. The molecule has 1 aromatic rings. The third-order valence-electron chi connectivity index (χ3n) is 2.88. The summed E-state index contributed by atoms with van der Waals surface area (Å²) < 4.78 is 0. The molecule has 0 aromatic heterocycles. The van der Waals surface area contributed by atoms with Crippen LogP contribution in [0, 0.1) is 5.92 Å². The molecule has 4 heteroatoms. The number of halogens is 1. The number of aliphatic hydroxyl groups is 1. The molecule has 0 amide bonds. The van der Waals surface area contributed by atoms with E-state index in [2.05, 4.69) is 5.32 Å². The standard InChI is InChI=1S/C12H16ClNO2/c13-10-3-4-11(15)9(5-10)6-14-7-12(16)8-1-2-8/h3-5,8,12,14-16H,1-2,6-7H2. The van der Waals surface area contributed by atoms with E-state index in [0.717, 1.165) is 18.4 Å². The molecule has 1 atom stereocenters. The molecule has 1 aliphatic rings. The summed E-state index contributed by atoms with van der Waals surface area (Å²) in [5, 5.41) is 22.9. The molecule has 0 heterocycles. The smallest absolute Gasteiger partial charge is 0.120 e. The van der Waals surface area contributed by atoms with Crippen molar-refractivity contribution >= 4 is 11.6 Å². The van der Waals surface area contributed by atoms with Gasteiger partial charge < -0.3 is 15.5 Å². The lowest BCUT2D eigenvalue weighted by Crippen LogP contribution is -2.27. The summed E-state index contributed by atoms with van der Waals surface area (Å²) in [7, 11) is 0. The highest BCUT2D eigenvalue weighted by atomic mass is 35.5. The minimum Gasteiger partial charge on any atom is -0.508 e. The first-order chi connectivity index (χ1) is 7.66. The maximum Gasteiger partial charge on any atom is 0.120 e. The summed E-state index contributed by atoms with van der Waals surface area (Å²) in [6.07, 6.45) is 2.00. The predicted molar refractivity (Wildman–Crippen MR) is 63.6 cm³/mol. The van der Waals surface area contributed by atoms with Gasteiger partial charge in [-0.2, -0.15) is 0 Å². The molecule has 0 saturated heterocycles. The van der Waals surface area contributed by atoms with Gasteiger partial charge in [0.25, 0.3) is 0 Å². The fourth-order valence-electron chi connectivity index (χ4n) is 1.70. The number of hydrogen-bond donors (Lipinski definition) is 3. The van der Waals surface area contributed by atoms with E-state index < -0.39 is 0 Å². The van der Waals surface area contributed by atoms with Crippen molar-refractivity contribution in [3.8, 4) is 5.75 Å². The van der Waals surface area contributed by atoms with Crippen molar-refractivity contribution in [2.75, 3.05) is 6.54 Å². The molecular formula is C12H16ClNO2.